The minimum absolute atomic E-state index is 0.173. The van der Waals surface area contributed by atoms with Crippen LogP contribution in [-0.2, 0) is 16.6 Å². The monoisotopic (exact) mass is 398 g/mol. The number of nitrogens with zero attached hydrogens (tertiary/aromatic N) is 3. The molecule has 0 aliphatic carbocycles. The van der Waals surface area contributed by atoms with Crippen molar-refractivity contribution >= 4 is 32.4 Å². The maximum atomic E-state index is 13.2. The van der Waals surface area contributed by atoms with E-state index in [-0.39, 0.29) is 27.9 Å². The number of hydrogen-bond acceptors (Lipinski definition) is 6. The van der Waals surface area contributed by atoms with Crippen LogP contribution in [0.1, 0.15) is 25.3 Å². The third-order valence-electron chi connectivity index (χ3n) is 4.60. The first-order valence-electron chi connectivity index (χ1n) is 8.86. The number of benzene rings is 1. The fraction of sp³-hybridized carbons (Fsp3) is 0.211. The van der Waals surface area contributed by atoms with E-state index in [0.29, 0.717) is 17.4 Å². The number of pyridine rings is 2. The maximum absolute atomic E-state index is 13.2. The van der Waals surface area contributed by atoms with E-state index in [4.69, 9.17) is 0 Å². The van der Waals surface area contributed by atoms with Gasteiger partial charge in [-0.2, -0.15) is 8.42 Å². The molecule has 0 fully saturated rings. The Bertz CT molecular complexity index is 1280. The van der Waals surface area contributed by atoms with Gasteiger partial charge in [0.1, 0.15) is 11.3 Å². The van der Waals surface area contributed by atoms with Crippen LogP contribution in [0.25, 0.3) is 10.9 Å². The van der Waals surface area contributed by atoms with Crippen LogP contribution >= 0.6 is 0 Å². The molecule has 2 N–H and O–H groups in total. The SMILES string of the molecule is CCCCn1c(=O)c(C2=NS(=O)(=O)c3ncccc3N2)c(O)c2ccccc21. The van der Waals surface area contributed by atoms with Gasteiger partial charge >= 0.3 is 10.0 Å². The number of rotatable bonds is 4. The third-order valence-corrected chi connectivity index (χ3v) is 5.83. The highest BCUT2D eigenvalue weighted by Crippen LogP contribution is 2.31. The van der Waals surface area contributed by atoms with Gasteiger partial charge in [0, 0.05) is 18.1 Å². The average molecular weight is 398 g/mol. The summed E-state index contributed by atoms with van der Waals surface area (Å²) in [6.07, 6.45) is 2.99. The number of nitrogens with one attached hydrogen (secondary N) is 1. The molecule has 2 aromatic heterocycles. The Hall–Kier alpha value is -3.20. The Morgan fingerprint density at radius 3 is 2.75 bits per heavy atom. The van der Waals surface area contributed by atoms with Gasteiger partial charge in [-0.1, -0.05) is 25.5 Å². The van der Waals surface area contributed by atoms with Crippen molar-refractivity contribution in [3.05, 3.63) is 58.5 Å². The number of fused-ring (bicyclic) bond motifs is 2. The molecule has 0 atom stereocenters. The topological polar surface area (TPSA) is 114 Å². The first-order valence-corrected chi connectivity index (χ1v) is 10.3. The normalized spacial score (nSPS) is 15.0. The quantitative estimate of drug-likeness (QED) is 0.698. The highest BCUT2D eigenvalue weighted by atomic mass is 32.2. The van der Waals surface area contributed by atoms with Gasteiger partial charge in [0.15, 0.2) is 5.84 Å². The molecule has 0 amide bonds. The van der Waals surface area contributed by atoms with E-state index < -0.39 is 15.6 Å². The Balaban J connectivity index is 2.00. The summed E-state index contributed by atoms with van der Waals surface area (Å²) in [5, 5.41) is 13.9. The fourth-order valence-electron chi connectivity index (χ4n) is 3.25. The molecule has 0 bridgehead atoms. The second kappa shape index (κ2) is 6.75. The zero-order valence-electron chi connectivity index (χ0n) is 15.1. The highest BCUT2D eigenvalue weighted by Gasteiger charge is 2.30. The molecular formula is C19H18N4O4S. The number of sulfonamides is 1. The van der Waals surface area contributed by atoms with E-state index in [0.717, 1.165) is 12.8 Å². The molecule has 0 unspecified atom stereocenters. The predicted octanol–water partition coefficient (Wildman–Crippen LogP) is 2.46. The van der Waals surface area contributed by atoms with E-state index in [2.05, 4.69) is 14.7 Å². The van der Waals surface area contributed by atoms with Gasteiger partial charge in [0.2, 0.25) is 5.03 Å². The summed E-state index contributed by atoms with van der Waals surface area (Å²) in [4.78, 5) is 17.1. The number of unbranched alkanes of at least 4 members (excludes halogenated alkanes) is 1. The summed E-state index contributed by atoms with van der Waals surface area (Å²) in [6.45, 7) is 2.46. The van der Waals surface area contributed by atoms with Crippen LogP contribution in [0.15, 0.2) is 56.8 Å². The molecule has 0 saturated heterocycles. The number of hydrogen-bond donors (Lipinski definition) is 2. The van der Waals surface area contributed by atoms with Gasteiger partial charge < -0.3 is 15.0 Å². The van der Waals surface area contributed by atoms with Crippen LogP contribution in [-0.4, -0.2) is 28.9 Å². The summed E-state index contributed by atoms with van der Waals surface area (Å²) in [5.74, 6) is -0.513. The van der Waals surface area contributed by atoms with Gasteiger partial charge in [-0.3, -0.25) is 4.79 Å². The first kappa shape index (κ1) is 18.2. The van der Waals surface area contributed by atoms with E-state index in [1.165, 1.54) is 12.3 Å². The largest absolute Gasteiger partial charge is 0.506 e. The highest BCUT2D eigenvalue weighted by molar-refractivity contribution is 7.90. The van der Waals surface area contributed by atoms with Crippen molar-refractivity contribution in [3.8, 4) is 5.75 Å². The van der Waals surface area contributed by atoms with Crippen molar-refractivity contribution in [3.63, 3.8) is 0 Å². The lowest BCUT2D eigenvalue weighted by molar-refractivity contribution is 0.477. The maximum Gasteiger partial charge on any atom is 0.303 e. The van der Waals surface area contributed by atoms with Gasteiger partial charge in [-0.25, -0.2) is 4.98 Å². The lowest BCUT2D eigenvalue weighted by Crippen LogP contribution is -2.33. The molecule has 144 valence electrons. The van der Waals surface area contributed by atoms with Crippen molar-refractivity contribution in [2.45, 2.75) is 31.3 Å². The van der Waals surface area contributed by atoms with Crippen molar-refractivity contribution in [1.29, 1.82) is 0 Å². The van der Waals surface area contributed by atoms with E-state index in [9.17, 15) is 18.3 Å². The third kappa shape index (κ3) is 2.84. The van der Waals surface area contributed by atoms with Crippen LogP contribution in [0.5, 0.6) is 5.75 Å². The molecular weight excluding hydrogens is 380 g/mol. The van der Waals surface area contributed by atoms with E-state index >= 15 is 0 Å². The molecule has 1 aromatic carbocycles. The number of amidine groups is 1. The van der Waals surface area contributed by atoms with Crippen LogP contribution in [0, 0.1) is 0 Å². The summed E-state index contributed by atoms with van der Waals surface area (Å²) in [7, 11) is -4.10. The molecule has 8 nitrogen and oxygen atoms in total. The molecule has 4 rings (SSSR count). The molecule has 9 heteroatoms. The average Bonchev–Trinajstić information content (AvgIpc) is 2.68. The lowest BCUT2D eigenvalue weighted by atomic mass is 10.1. The summed E-state index contributed by atoms with van der Waals surface area (Å²) >= 11 is 0. The molecule has 1 aliphatic rings. The first-order chi connectivity index (χ1) is 13.4. The van der Waals surface area contributed by atoms with Gasteiger partial charge in [0.25, 0.3) is 5.56 Å². The van der Waals surface area contributed by atoms with Gasteiger partial charge in [0.05, 0.1) is 11.2 Å². The van der Waals surface area contributed by atoms with E-state index in [1.54, 1.807) is 34.9 Å². The van der Waals surface area contributed by atoms with Crippen molar-refractivity contribution in [2.75, 3.05) is 5.32 Å². The van der Waals surface area contributed by atoms with Crippen LogP contribution in [0.3, 0.4) is 0 Å². The number of anilines is 1. The minimum atomic E-state index is -4.10. The fourth-order valence-corrected chi connectivity index (χ4v) is 4.31. The Kier molecular flexibility index (Phi) is 4.38. The second-order valence-corrected chi connectivity index (χ2v) is 7.97. The van der Waals surface area contributed by atoms with Crippen LogP contribution in [0.2, 0.25) is 0 Å². The van der Waals surface area contributed by atoms with E-state index in [1.807, 2.05) is 6.92 Å². The standard InChI is InChI=1S/C19H18N4O4S/c1-2-3-11-23-14-9-5-4-7-12(14)16(24)15(19(23)25)17-21-13-8-6-10-20-18(13)28(26,27)22-17/h4-10,24H,2-3,11H2,1H3,(H,21,22). The Morgan fingerprint density at radius 2 is 1.96 bits per heavy atom. The zero-order chi connectivity index (χ0) is 19.9. The van der Waals surface area contributed by atoms with Gasteiger partial charge in [-0.05, 0) is 30.7 Å². The number of aromatic hydroxyl groups is 1. The van der Waals surface area contributed by atoms with Crippen LogP contribution in [0.4, 0.5) is 5.69 Å². The zero-order valence-corrected chi connectivity index (χ0v) is 15.9. The Morgan fingerprint density at radius 1 is 1.18 bits per heavy atom. The predicted molar refractivity (Wildman–Crippen MR) is 106 cm³/mol. The smallest absolute Gasteiger partial charge is 0.303 e. The molecule has 0 spiro atoms. The molecule has 28 heavy (non-hydrogen) atoms. The number of para-hydroxylation sites is 1. The molecule has 3 aromatic rings. The van der Waals surface area contributed by atoms with Crippen molar-refractivity contribution in [2.24, 2.45) is 4.40 Å². The summed E-state index contributed by atoms with van der Waals surface area (Å²) in [5.41, 5.74) is 0.120. The Labute approximate surface area is 161 Å². The molecule has 1 aliphatic heterocycles. The van der Waals surface area contributed by atoms with Crippen molar-refractivity contribution < 1.29 is 13.5 Å². The molecule has 0 saturated carbocycles. The van der Waals surface area contributed by atoms with Crippen LogP contribution < -0.4 is 10.9 Å². The molecule has 3 heterocycles. The lowest BCUT2D eigenvalue weighted by Gasteiger charge is -2.20. The number of aryl methyl sites for hydroxylation is 1. The molecule has 0 radical (unpaired) electrons. The summed E-state index contributed by atoms with van der Waals surface area (Å²) in [6, 6.07) is 10.1. The summed E-state index contributed by atoms with van der Waals surface area (Å²) < 4.78 is 30.3. The van der Waals surface area contributed by atoms with Crippen molar-refractivity contribution in [1.82, 2.24) is 9.55 Å². The minimum Gasteiger partial charge on any atom is -0.506 e. The van der Waals surface area contributed by atoms with Gasteiger partial charge in [-0.15, -0.1) is 4.40 Å². The second-order valence-electron chi connectivity index (χ2n) is 6.45. The number of aromatic nitrogens is 2.